The van der Waals surface area contributed by atoms with Crippen LogP contribution >= 0.6 is 11.8 Å². The Kier molecular flexibility index (Phi) is 5.82. The molecule has 1 atom stereocenters. The van der Waals surface area contributed by atoms with E-state index in [1.54, 1.807) is 18.8 Å². The molecule has 0 radical (unpaired) electrons. The molecule has 7 heteroatoms. The summed E-state index contributed by atoms with van der Waals surface area (Å²) in [6.07, 6.45) is 1.92. The average Bonchev–Trinajstić information content (AvgIpc) is 2.39. The average molecular weight is 300 g/mol. The first-order valence-corrected chi connectivity index (χ1v) is 7.32. The predicted molar refractivity (Wildman–Crippen MR) is 78.0 cm³/mol. The number of thioether (sulfide) groups is 1. The monoisotopic (exact) mass is 300 g/mol. The van der Waals surface area contributed by atoms with Crippen LogP contribution in [0.4, 0.5) is 14.9 Å². The fourth-order valence-corrected chi connectivity index (χ4v) is 2.28. The second-order valence-corrected chi connectivity index (χ2v) is 5.22. The quantitative estimate of drug-likeness (QED) is 0.877. The van der Waals surface area contributed by atoms with Gasteiger partial charge in [0.25, 0.3) is 0 Å². The highest BCUT2D eigenvalue weighted by Gasteiger charge is 2.20. The van der Waals surface area contributed by atoms with Crippen molar-refractivity contribution in [2.24, 2.45) is 0 Å². The van der Waals surface area contributed by atoms with E-state index in [9.17, 15) is 14.0 Å². The summed E-state index contributed by atoms with van der Waals surface area (Å²) in [6.45, 7) is 1.86. The maximum Gasteiger partial charge on any atom is 0.337 e. The molecule has 0 saturated carbocycles. The minimum absolute atomic E-state index is 0.0509. The van der Waals surface area contributed by atoms with Crippen LogP contribution < -0.4 is 5.32 Å². The Morgan fingerprint density at radius 1 is 1.50 bits per heavy atom. The lowest BCUT2D eigenvalue weighted by atomic mass is 10.1. The van der Waals surface area contributed by atoms with Gasteiger partial charge in [-0.2, -0.15) is 11.8 Å². The van der Waals surface area contributed by atoms with E-state index < -0.39 is 17.8 Å². The van der Waals surface area contributed by atoms with E-state index in [0.29, 0.717) is 0 Å². The van der Waals surface area contributed by atoms with Gasteiger partial charge in [-0.1, -0.05) is 6.07 Å². The van der Waals surface area contributed by atoms with Crippen molar-refractivity contribution in [3.8, 4) is 0 Å². The Morgan fingerprint density at radius 3 is 2.70 bits per heavy atom. The Balaban J connectivity index is 2.93. The molecule has 110 valence electrons. The van der Waals surface area contributed by atoms with Crippen molar-refractivity contribution in [1.82, 2.24) is 4.90 Å². The normalized spacial score (nSPS) is 11.8. The summed E-state index contributed by atoms with van der Waals surface area (Å²) < 4.78 is 13.7. The highest BCUT2D eigenvalue weighted by molar-refractivity contribution is 7.98. The van der Waals surface area contributed by atoms with Crippen molar-refractivity contribution in [2.75, 3.05) is 24.4 Å². The highest BCUT2D eigenvalue weighted by atomic mass is 32.2. The molecule has 0 aliphatic carbocycles. The molecule has 2 amide bonds. The lowest BCUT2D eigenvalue weighted by Crippen LogP contribution is -2.40. The summed E-state index contributed by atoms with van der Waals surface area (Å²) in [6, 6.07) is 3.04. The zero-order valence-electron chi connectivity index (χ0n) is 11.5. The largest absolute Gasteiger partial charge is 0.478 e. The van der Waals surface area contributed by atoms with Crippen LogP contribution in [-0.2, 0) is 0 Å². The number of benzene rings is 1. The molecule has 0 fully saturated rings. The van der Waals surface area contributed by atoms with Crippen molar-refractivity contribution >= 4 is 29.4 Å². The number of urea groups is 1. The van der Waals surface area contributed by atoms with Gasteiger partial charge in [0.15, 0.2) is 0 Å². The lowest BCUT2D eigenvalue weighted by Gasteiger charge is -2.25. The Labute approximate surface area is 121 Å². The number of carbonyl (C=O) groups excluding carboxylic acids is 1. The SMILES string of the molecule is CSCC(C)N(C)C(=O)Nc1c(F)cccc1C(=O)O. The summed E-state index contributed by atoms with van der Waals surface area (Å²) in [4.78, 5) is 24.4. The van der Waals surface area contributed by atoms with E-state index in [1.807, 2.05) is 13.2 Å². The smallest absolute Gasteiger partial charge is 0.337 e. The van der Waals surface area contributed by atoms with Crippen LogP contribution in [0.1, 0.15) is 17.3 Å². The summed E-state index contributed by atoms with van der Waals surface area (Å²) in [5.74, 6) is -1.34. The summed E-state index contributed by atoms with van der Waals surface area (Å²) in [5.41, 5.74) is -0.586. The van der Waals surface area contributed by atoms with E-state index in [-0.39, 0.29) is 17.3 Å². The van der Waals surface area contributed by atoms with E-state index in [2.05, 4.69) is 5.32 Å². The molecule has 1 aromatic carbocycles. The van der Waals surface area contributed by atoms with Crippen molar-refractivity contribution in [3.05, 3.63) is 29.6 Å². The van der Waals surface area contributed by atoms with Gasteiger partial charge in [-0.25, -0.2) is 14.0 Å². The molecule has 20 heavy (non-hydrogen) atoms. The third-order valence-electron chi connectivity index (χ3n) is 2.87. The zero-order valence-corrected chi connectivity index (χ0v) is 12.3. The molecule has 0 aliphatic heterocycles. The number of hydrogen-bond donors (Lipinski definition) is 2. The van der Waals surface area contributed by atoms with Crippen LogP contribution in [0.2, 0.25) is 0 Å². The van der Waals surface area contributed by atoms with Crippen LogP contribution in [0, 0.1) is 5.82 Å². The zero-order chi connectivity index (χ0) is 15.3. The number of aromatic carboxylic acids is 1. The molecule has 1 rings (SSSR count). The first-order chi connectivity index (χ1) is 9.38. The molecular weight excluding hydrogens is 283 g/mol. The summed E-state index contributed by atoms with van der Waals surface area (Å²) >= 11 is 1.58. The number of para-hydroxylation sites is 1. The number of halogens is 1. The second-order valence-electron chi connectivity index (χ2n) is 4.31. The number of rotatable bonds is 5. The van der Waals surface area contributed by atoms with Gasteiger partial charge in [-0.05, 0) is 25.3 Å². The second kappa shape index (κ2) is 7.14. The van der Waals surface area contributed by atoms with Crippen LogP contribution in [0.5, 0.6) is 0 Å². The van der Waals surface area contributed by atoms with Crippen molar-refractivity contribution in [1.29, 1.82) is 0 Å². The fourth-order valence-electron chi connectivity index (χ4n) is 1.58. The summed E-state index contributed by atoms with van der Waals surface area (Å²) in [7, 11) is 1.58. The molecule has 1 aromatic rings. The van der Waals surface area contributed by atoms with Crippen molar-refractivity contribution < 1.29 is 19.1 Å². The van der Waals surface area contributed by atoms with Gasteiger partial charge < -0.3 is 15.3 Å². The molecule has 0 heterocycles. The maximum atomic E-state index is 13.7. The van der Waals surface area contributed by atoms with Gasteiger partial charge in [0, 0.05) is 18.8 Å². The Morgan fingerprint density at radius 2 is 2.15 bits per heavy atom. The predicted octanol–water partition coefficient (Wildman–Crippen LogP) is 2.74. The third-order valence-corrected chi connectivity index (χ3v) is 3.68. The first-order valence-electron chi connectivity index (χ1n) is 5.93. The van der Waals surface area contributed by atoms with Gasteiger partial charge in [0.05, 0.1) is 11.3 Å². The number of carboxylic acids is 1. The van der Waals surface area contributed by atoms with Gasteiger partial charge in [0.1, 0.15) is 5.82 Å². The Hall–Kier alpha value is -1.76. The van der Waals surface area contributed by atoms with Gasteiger partial charge >= 0.3 is 12.0 Å². The van der Waals surface area contributed by atoms with E-state index in [4.69, 9.17) is 5.11 Å². The number of hydrogen-bond acceptors (Lipinski definition) is 3. The van der Waals surface area contributed by atoms with Crippen LogP contribution in [0.25, 0.3) is 0 Å². The number of anilines is 1. The molecule has 0 aromatic heterocycles. The van der Waals surface area contributed by atoms with E-state index >= 15 is 0 Å². The van der Waals surface area contributed by atoms with Gasteiger partial charge in [0.2, 0.25) is 0 Å². The first kappa shape index (κ1) is 16.3. The van der Waals surface area contributed by atoms with Crippen LogP contribution in [0.15, 0.2) is 18.2 Å². The fraction of sp³-hybridized carbons (Fsp3) is 0.385. The van der Waals surface area contributed by atoms with Gasteiger partial charge in [-0.3, -0.25) is 0 Å². The van der Waals surface area contributed by atoms with Crippen molar-refractivity contribution in [3.63, 3.8) is 0 Å². The molecule has 5 nitrogen and oxygen atoms in total. The number of carboxylic acid groups (broad SMARTS) is 1. The highest BCUT2D eigenvalue weighted by Crippen LogP contribution is 2.20. The van der Waals surface area contributed by atoms with E-state index in [1.165, 1.54) is 17.0 Å². The maximum absolute atomic E-state index is 13.7. The molecular formula is C13H17FN2O3S. The molecule has 0 aliphatic rings. The number of nitrogens with one attached hydrogen (secondary N) is 1. The topological polar surface area (TPSA) is 69.6 Å². The Bertz CT molecular complexity index is 510. The van der Waals surface area contributed by atoms with E-state index in [0.717, 1.165) is 11.8 Å². The van der Waals surface area contributed by atoms with Crippen LogP contribution in [-0.4, -0.2) is 47.1 Å². The van der Waals surface area contributed by atoms with Crippen molar-refractivity contribution in [2.45, 2.75) is 13.0 Å². The molecule has 0 bridgehead atoms. The van der Waals surface area contributed by atoms with Gasteiger partial charge in [-0.15, -0.1) is 0 Å². The number of carbonyl (C=O) groups is 2. The molecule has 1 unspecified atom stereocenters. The third kappa shape index (κ3) is 3.86. The summed E-state index contributed by atoms with van der Waals surface area (Å²) in [5, 5.41) is 11.3. The number of nitrogens with zero attached hydrogens (tertiary/aromatic N) is 1. The molecule has 0 spiro atoms. The minimum atomic E-state index is -1.29. The minimum Gasteiger partial charge on any atom is -0.478 e. The lowest BCUT2D eigenvalue weighted by molar-refractivity contribution is 0.0697. The molecule has 2 N–H and O–H groups in total. The van der Waals surface area contributed by atoms with Crippen LogP contribution in [0.3, 0.4) is 0 Å². The molecule has 0 saturated heterocycles. The number of amides is 2. The standard InChI is InChI=1S/C13H17FN2O3S/c1-8(7-20-3)16(2)13(19)15-11-9(12(17)18)5-4-6-10(11)14/h4-6,8H,7H2,1-3H3,(H,15,19)(H,17,18).